The van der Waals surface area contributed by atoms with Gasteiger partial charge in [0.05, 0.1) is 6.10 Å². The number of benzene rings is 1. The molecule has 0 bridgehead atoms. The first-order valence-corrected chi connectivity index (χ1v) is 6.83. The Kier molecular flexibility index (Phi) is 3.44. The first-order chi connectivity index (χ1) is 8.42. The molecular formula is C15H21NO. The van der Waals surface area contributed by atoms with Gasteiger partial charge in [0, 0.05) is 18.7 Å². The fraction of sp³-hybridized carbons (Fsp3) is 0.600. The van der Waals surface area contributed by atoms with Crippen LogP contribution in [0.3, 0.4) is 0 Å². The highest BCUT2D eigenvalue weighted by molar-refractivity contribution is 5.16. The van der Waals surface area contributed by atoms with Gasteiger partial charge in [0.2, 0.25) is 0 Å². The molecule has 2 aliphatic rings. The van der Waals surface area contributed by atoms with E-state index >= 15 is 0 Å². The van der Waals surface area contributed by atoms with Crippen LogP contribution in [0.4, 0.5) is 0 Å². The average Bonchev–Trinajstić information content (AvgIpc) is 3.01. The number of nitrogens with one attached hydrogen (secondary N) is 1. The standard InChI is InChI=1S/C15H21NO/c1-2-5-12(6-3-1)11-14(16-13-8-9-13)15-7-4-10-17-15/h1-3,5-6,13-16H,4,7-11H2/t14-,15+/m1/s1. The Morgan fingerprint density at radius 1 is 1.18 bits per heavy atom. The van der Waals surface area contributed by atoms with Gasteiger partial charge in [-0.15, -0.1) is 0 Å². The van der Waals surface area contributed by atoms with Crippen LogP contribution in [0.2, 0.25) is 0 Å². The summed E-state index contributed by atoms with van der Waals surface area (Å²) in [4.78, 5) is 0. The SMILES string of the molecule is c1ccc(C[C@@H](NC2CC2)[C@@H]2CCCO2)cc1. The van der Waals surface area contributed by atoms with Crippen molar-refractivity contribution in [2.24, 2.45) is 0 Å². The molecule has 0 amide bonds. The van der Waals surface area contributed by atoms with Crippen LogP contribution in [0.1, 0.15) is 31.2 Å². The molecule has 17 heavy (non-hydrogen) atoms. The molecule has 1 aromatic rings. The fourth-order valence-corrected chi connectivity index (χ4v) is 2.64. The molecule has 1 saturated heterocycles. The van der Waals surface area contributed by atoms with E-state index in [0.717, 1.165) is 19.1 Å². The summed E-state index contributed by atoms with van der Waals surface area (Å²) in [5.74, 6) is 0. The summed E-state index contributed by atoms with van der Waals surface area (Å²) in [6.07, 6.45) is 6.66. The van der Waals surface area contributed by atoms with Gasteiger partial charge in [-0.05, 0) is 37.7 Å². The molecule has 1 saturated carbocycles. The van der Waals surface area contributed by atoms with Gasteiger partial charge in [-0.2, -0.15) is 0 Å². The first kappa shape index (κ1) is 11.2. The van der Waals surface area contributed by atoms with Crippen molar-refractivity contribution in [2.45, 2.75) is 50.3 Å². The molecule has 1 aromatic carbocycles. The van der Waals surface area contributed by atoms with Gasteiger partial charge in [0.25, 0.3) is 0 Å². The number of rotatable bonds is 5. The van der Waals surface area contributed by atoms with E-state index in [0.29, 0.717) is 12.1 Å². The van der Waals surface area contributed by atoms with Crippen molar-refractivity contribution >= 4 is 0 Å². The minimum atomic E-state index is 0.427. The quantitative estimate of drug-likeness (QED) is 0.841. The summed E-state index contributed by atoms with van der Waals surface area (Å²) in [6.45, 7) is 0.947. The number of ether oxygens (including phenoxy) is 1. The minimum absolute atomic E-state index is 0.427. The zero-order valence-electron chi connectivity index (χ0n) is 10.3. The van der Waals surface area contributed by atoms with Crippen LogP contribution in [0.5, 0.6) is 0 Å². The Labute approximate surface area is 103 Å². The molecular weight excluding hydrogens is 210 g/mol. The van der Waals surface area contributed by atoms with Crippen molar-refractivity contribution in [3.05, 3.63) is 35.9 Å². The highest BCUT2D eigenvalue weighted by Crippen LogP contribution is 2.24. The monoisotopic (exact) mass is 231 g/mol. The second kappa shape index (κ2) is 5.19. The van der Waals surface area contributed by atoms with Crippen LogP contribution in [-0.2, 0) is 11.2 Å². The predicted molar refractivity (Wildman–Crippen MR) is 69.1 cm³/mol. The molecule has 1 N–H and O–H groups in total. The van der Waals surface area contributed by atoms with Crippen LogP contribution in [0.25, 0.3) is 0 Å². The Balaban J connectivity index is 1.64. The van der Waals surface area contributed by atoms with Crippen molar-refractivity contribution in [1.82, 2.24) is 5.32 Å². The fourth-order valence-electron chi connectivity index (χ4n) is 2.64. The summed E-state index contributed by atoms with van der Waals surface area (Å²) in [5, 5.41) is 3.76. The molecule has 3 rings (SSSR count). The zero-order valence-corrected chi connectivity index (χ0v) is 10.3. The minimum Gasteiger partial charge on any atom is -0.377 e. The van der Waals surface area contributed by atoms with E-state index in [1.807, 2.05) is 0 Å². The van der Waals surface area contributed by atoms with E-state index in [1.165, 1.54) is 31.2 Å². The van der Waals surface area contributed by atoms with Gasteiger partial charge in [-0.1, -0.05) is 30.3 Å². The molecule has 2 nitrogen and oxygen atoms in total. The van der Waals surface area contributed by atoms with E-state index in [-0.39, 0.29) is 0 Å². The third kappa shape index (κ3) is 3.08. The molecule has 0 unspecified atom stereocenters. The largest absolute Gasteiger partial charge is 0.377 e. The Morgan fingerprint density at radius 3 is 2.65 bits per heavy atom. The predicted octanol–water partition coefficient (Wildman–Crippen LogP) is 2.53. The maximum Gasteiger partial charge on any atom is 0.0732 e. The Bertz CT molecular complexity index is 341. The van der Waals surface area contributed by atoms with E-state index < -0.39 is 0 Å². The smallest absolute Gasteiger partial charge is 0.0732 e. The highest BCUT2D eigenvalue weighted by atomic mass is 16.5. The zero-order chi connectivity index (χ0) is 11.5. The van der Waals surface area contributed by atoms with Gasteiger partial charge >= 0.3 is 0 Å². The van der Waals surface area contributed by atoms with E-state index in [1.54, 1.807) is 0 Å². The molecule has 2 heteroatoms. The van der Waals surface area contributed by atoms with Crippen molar-refractivity contribution in [1.29, 1.82) is 0 Å². The lowest BCUT2D eigenvalue weighted by Gasteiger charge is -2.24. The normalized spacial score (nSPS) is 26.0. The second-order valence-electron chi connectivity index (χ2n) is 5.29. The topological polar surface area (TPSA) is 21.3 Å². The van der Waals surface area contributed by atoms with Crippen LogP contribution < -0.4 is 5.32 Å². The van der Waals surface area contributed by atoms with Crippen LogP contribution in [0, 0.1) is 0 Å². The number of hydrogen-bond acceptors (Lipinski definition) is 2. The first-order valence-electron chi connectivity index (χ1n) is 6.83. The van der Waals surface area contributed by atoms with Crippen molar-refractivity contribution in [2.75, 3.05) is 6.61 Å². The summed E-state index contributed by atoms with van der Waals surface area (Å²) >= 11 is 0. The third-order valence-electron chi connectivity index (χ3n) is 3.74. The maximum absolute atomic E-state index is 5.85. The van der Waals surface area contributed by atoms with Crippen molar-refractivity contribution in [3.8, 4) is 0 Å². The van der Waals surface area contributed by atoms with E-state index in [4.69, 9.17) is 4.74 Å². The van der Waals surface area contributed by atoms with Crippen molar-refractivity contribution in [3.63, 3.8) is 0 Å². The summed E-state index contributed by atoms with van der Waals surface area (Å²) < 4.78 is 5.85. The molecule has 1 aliphatic heterocycles. The molecule has 0 radical (unpaired) electrons. The van der Waals surface area contributed by atoms with Gasteiger partial charge in [-0.25, -0.2) is 0 Å². The summed E-state index contributed by atoms with van der Waals surface area (Å²) in [5.41, 5.74) is 1.42. The van der Waals surface area contributed by atoms with Crippen LogP contribution in [-0.4, -0.2) is 24.8 Å². The van der Waals surface area contributed by atoms with Gasteiger partial charge < -0.3 is 10.1 Å². The Hall–Kier alpha value is -0.860. The van der Waals surface area contributed by atoms with Crippen molar-refractivity contribution < 1.29 is 4.74 Å². The number of hydrogen-bond donors (Lipinski definition) is 1. The molecule has 1 aliphatic carbocycles. The second-order valence-corrected chi connectivity index (χ2v) is 5.29. The summed E-state index contributed by atoms with van der Waals surface area (Å²) in [6, 6.07) is 12.0. The summed E-state index contributed by atoms with van der Waals surface area (Å²) in [7, 11) is 0. The molecule has 2 atom stereocenters. The lowest BCUT2D eigenvalue weighted by Crippen LogP contribution is -2.42. The third-order valence-corrected chi connectivity index (χ3v) is 3.74. The van der Waals surface area contributed by atoms with E-state index in [9.17, 15) is 0 Å². The maximum atomic E-state index is 5.85. The highest BCUT2D eigenvalue weighted by Gasteiger charge is 2.31. The Morgan fingerprint density at radius 2 is 2.00 bits per heavy atom. The van der Waals surface area contributed by atoms with Gasteiger partial charge in [0.15, 0.2) is 0 Å². The van der Waals surface area contributed by atoms with E-state index in [2.05, 4.69) is 35.6 Å². The lowest BCUT2D eigenvalue weighted by molar-refractivity contribution is 0.0776. The average molecular weight is 231 g/mol. The molecule has 92 valence electrons. The lowest BCUT2D eigenvalue weighted by atomic mass is 9.99. The molecule has 0 spiro atoms. The van der Waals surface area contributed by atoms with Gasteiger partial charge in [0.1, 0.15) is 0 Å². The molecule has 1 heterocycles. The van der Waals surface area contributed by atoms with Gasteiger partial charge in [-0.3, -0.25) is 0 Å². The van der Waals surface area contributed by atoms with Crippen LogP contribution >= 0.6 is 0 Å². The molecule has 2 fully saturated rings. The molecule has 0 aromatic heterocycles. The van der Waals surface area contributed by atoms with Crippen LogP contribution in [0.15, 0.2) is 30.3 Å².